The zero-order valence-electron chi connectivity index (χ0n) is 35.9. The van der Waals surface area contributed by atoms with Crippen LogP contribution in [0.25, 0.3) is 74.1 Å². The number of fused-ring (bicyclic) bond motifs is 12. The molecule has 326 valence electrons. The van der Waals surface area contributed by atoms with Gasteiger partial charge < -0.3 is 9.80 Å². The molecular formula is C53H39N2O7S4+. The van der Waals surface area contributed by atoms with Crippen molar-refractivity contribution in [1.82, 2.24) is 0 Å². The zero-order valence-corrected chi connectivity index (χ0v) is 39.2. The fourth-order valence-corrected chi connectivity index (χ4v) is 14.7. The van der Waals surface area contributed by atoms with Gasteiger partial charge in [-0.25, -0.2) is 4.42 Å². The van der Waals surface area contributed by atoms with Crippen LogP contribution in [0.2, 0.25) is 0 Å². The molecule has 13 heteroatoms. The van der Waals surface area contributed by atoms with Crippen LogP contribution in [0.4, 0.5) is 11.4 Å². The fraction of sp³-hybridized carbons (Fsp3) is 0.113. The SMILES string of the molecule is CN1c2cc3[o+]c4cc5c(cc4c(-c4ccc(S(=O)(=O)O)cc4S(=O)(=O)O)c3cc2-c2sc3ccccc3c2C1(C)c1ccccc1)-c1sc2ccccc2c1C(C)(c1ccccc1)N5C. The average Bonchev–Trinajstić information content (AvgIpc) is 3.91. The van der Waals surface area contributed by atoms with Crippen molar-refractivity contribution in [3.8, 4) is 32.0 Å². The Hall–Kier alpha value is -6.45. The summed E-state index contributed by atoms with van der Waals surface area (Å²) in [5.74, 6) is 0. The van der Waals surface area contributed by atoms with E-state index in [2.05, 4.69) is 123 Å². The minimum absolute atomic E-state index is 0.0419. The summed E-state index contributed by atoms with van der Waals surface area (Å²) in [5.41, 5.74) is 8.15. The number of anilines is 2. The second-order valence-corrected chi connectivity index (χ2v) is 22.3. The first-order valence-electron chi connectivity index (χ1n) is 21.2. The first-order valence-corrected chi connectivity index (χ1v) is 25.7. The average molecular weight is 944 g/mol. The number of nitrogens with zero attached hydrogens (tertiary/aromatic N) is 2. The van der Waals surface area contributed by atoms with E-state index in [0.29, 0.717) is 27.5 Å². The van der Waals surface area contributed by atoms with Gasteiger partial charge in [-0.3, -0.25) is 9.11 Å². The molecule has 2 aliphatic rings. The molecular weight excluding hydrogens is 905 g/mol. The number of thiophene rings is 2. The highest BCUT2D eigenvalue weighted by Crippen LogP contribution is 2.60. The first-order chi connectivity index (χ1) is 31.6. The Bertz CT molecular complexity index is 3760. The highest BCUT2D eigenvalue weighted by atomic mass is 32.2. The Morgan fingerprint density at radius 3 is 1.38 bits per heavy atom. The molecule has 0 radical (unpaired) electrons. The second kappa shape index (κ2) is 14.0. The van der Waals surface area contributed by atoms with Crippen molar-refractivity contribution in [1.29, 1.82) is 0 Å². The van der Waals surface area contributed by atoms with Crippen molar-refractivity contribution in [2.75, 3.05) is 23.9 Å². The molecule has 7 aromatic carbocycles. The summed E-state index contributed by atoms with van der Waals surface area (Å²) in [5, 5.41) is 3.33. The van der Waals surface area contributed by atoms with Crippen molar-refractivity contribution in [3.05, 3.63) is 174 Å². The molecule has 0 spiro atoms. The molecule has 0 amide bonds. The van der Waals surface area contributed by atoms with Gasteiger partial charge in [-0.2, -0.15) is 16.8 Å². The Kier molecular flexibility index (Phi) is 8.72. The van der Waals surface area contributed by atoms with Gasteiger partial charge in [0.25, 0.3) is 20.2 Å². The van der Waals surface area contributed by atoms with E-state index in [-0.39, 0.29) is 5.56 Å². The van der Waals surface area contributed by atoms with Crippen LogP contribution in [-0.2, 0) is 31.3 Å². The molecule has 12 rings (SSSR count). The van der Waals surface area contributed by atoms with Crippen molar-refractivity contribution in [3.63, 3.8) is 0 Å². The lowest BCUT2D eigenvalue weighted by Crippen LogP contribution is -2.44. The molecule has 3 aromatic heterocycles. The maximum absolute atomic E-state index is 13.5. The molecule has 66 heavy (non-hydrogen) atoms. The van der Waals surface area contributed by atoms with Gasteiger partial charge in [0.2, 0.25) is 0 Å². The number of hydrogen-bond acceptors (Lipinski definition) is 8. The maximum atomic E-state index is 13.5. The van der Waals surface area contributed by atoms with Crippen LogP contribution in [0.1, 0.15) is 36.1 Å². The predicted octanol–water partition coefficient (Wildman–Crippen LogP) is 13.2. The van der Waals surface area contributed by atoms with Crippen molar-refractivity contribution >= 4 is 96.4 Å². The number of hydrogen-bond donors (Lipinski definition) is 2. The molecule has 10 aromatic rings. The zero-order chi connectivity index (χ0) is 45.7. The molecule has 0 fully saturated rings. The van der Waals surface area contributed by atoms with Gasteiger partial charge in [-0.15, -0.1) is 22.7 Å². The highest BCUT2D eigenvalue weighted by molar-refractivity contribution is 7.86. The van der Waals surface area contributed by atoms with Crippen LogP contribution >= 0.6 is 22.7 Å². The van der Waals surface area contributed by atoms with Crippen LogP contribution < -0.4 is 9.80 Å². The van der Waals surface area contributed by atoms with E-state index in [4.69, 9.17) is 4.42 Å². The van der Waals surface area contributed by atoms with Crippen LogP contribution in [0.15, 0.2) is 166 Å². The minimum atomic E-state index is -5.10. The Morgan fingerprint density at radius 1 is 0.500 bits per heavy atom. The fourth-order valence-electron chi connectivity index (χ4n) is 10.7. The van der Waals surface area contributed by atoms with E-state index >= 15 is 0 Å². The Balaban J connectivity index is 1.23. The largest absolute Gasteiger partial charge is 0.363 e. The van der Waals surface area contributed by atoms with E-state index in [1.807, 2.05) is 48.5 Å². The van der Waals surface area contributed by atoms with Gasteiger partial charge in [0.15, 0.2) is 0 Å². The normalized spacial score (nSPS) is 18.2. The molecule has 5 heterocycles. The van der Waals surface area contributed by atoms with Crippen LogP contribution in [-0.4, -0.2) is 40.0 Å². The van der Waals surface area contributed by atoms with Gasteiger partial charge in [0.1, 0.15) is 4.90 Å². The topological polar surface area (TPSA) is 127 Å². The molecule has 9 nitrogen and oxygen atoms in total. The smallest absolute Gasteiger partial charge is 0.360 e. The van der Waals surface area contributed by atoms with Gasteiger partial charge in [0.05, 0.1) is 50.3 Å². The predicted molar refractivity (Wildman–Crippen MR) is 267 cm³/mol. The summed E-state index contributed by atoms with van der Waals surface area (Å²) in [4.78, 5) is 5.30. The monoisotopic (exact) mass is 943 g/mol. The summed E-state index contributed by atoms with van der Waals surface area (Å²) >= 11 is 3.37. The summed E-state index contributed by atoms with van der Waals surface area (Å²) < 4.78 is 82.4. The van der Waals surface area contributed by atoms with Crippen molar-refractivity contribution in [2.45, 2.75) is 34.7 Å². The molecule has 2 aliphatic heterocycles. The van der Waals surface area contributed by atoms with E-state index < -0.39 is 41.1 Å². The molecule has 2 atom stereocenters. The first kappa shape index (κ1) is 41.0. The van der Waals surface area contributed by atoms with Gasteiger partial charge in [-0.05, 0) is 72.1 Å². The Labute approximate surface area is 388 Å². The Morgan fingerprint density at radius 2 is 0.939 bits per heavy atom. The lowest BCUT2D eigenvalue weighted by atomic mass is 9.76. The minimum Gasteiger partial charge on any atom is -0.360 e. The quantitative estimate of drug-likeness (QED) is 0.0985. The molecule has 2 N–H and O–H groups in total. The van der Waals surface area contributed by atoms with Gasteiger partial charge in [-0.1, -0.05) is 103 Å². The standard InChI is InChI=1S/C53H38N2O7S4/c1-52(30-15-7-5-8-16-30)48-33-19-11-13-21-44(33)63-50(48)36-26-38-42(28-40(36)54(52)3)62-43-29-41-37(27-39(43)47(38)35-24-23-32(65(56,57)58)25-46(35)66(59,60)61)51-49(34-20-12-14-22-45(34)64-51)53(2,55(41)4)31-17-9-6-10-18-31/h5-29H,1-4H3,(H-,56,57,58,59,60,61)/p+1. The van der Waals surface area contributed by atoms with Crippen LogP contribution in [0.5, 0.6) is 0 Å². The van der Waals surface area contributed by atoms with E-state index in [9.17, 15) is 25.9 Å². The lowest BCUT2D eigenvalue weighted by molar-refractivity contribution is 0.481. The lowest BCUT2D eigenvalue weighted by Gasteiger charge is -2.45. The van der Waals surface area contributed by atoms with E-state index in [1.165, 1.54) is 6.07 Å². The van der Waals surface area contributed by atoms with E-state index in [1.54, 1.807) is 22.7 Å². The molecule has 0 saturated heterocycles. The van der Waals surface area contributed by atoms with Crippen LogP contribution in [0.3, 0.4) is 0 Å². The summed E-state index contributed by atoms with van der Waals surface area (Å²) in [6.45, 7) is 4.47. The summed E-state index contributed by atoms with van der Waals surface area (Å²) in [7, 11) is -5.80. The second-order valence-electron chi connectivity index (χ2n) is 17.4. The van der Waals surface area contributed by atoms with Crippen molar-refractivity contribution < 1.29 is 30.4 Å². The molecule has 2 unspecified atom stereocenters. The molecule has 0 saturated carbocycles. The maximum Gasteiger partial charge on any atom is 0.363 e. The van der Waals surface area contributed by atoms with Gasteiger partial charge in [0, 0.05) is 66.6 Å². The van der Waals surface area contributed by atoms with E-state index in [0.717, 1.165) is 86.8 Å². The molecule has 0 aliphatic carbocycles. The summed E-state index contributed by atoms with van der Waals surface area (Å²) in [6, 6.07) is 48.9. The number of benzene rings is 7. The third-order valence-corrected chi connectivity index (χ3v) is 18.3. The third kappa shape index (κ3) is 5.65. The van der Waals surface area contributed by atoms with Crippen LogP contribution in [0, 0.1) is 0 Å². The number of rotatable bonds is 5. The van der Waals surface area contributed by atoms with Crippen molar-refractivity contribution in [2.24, 2.45) is 0 Å². The summed E-state index contributed by atoms with van der Waals surface area (Å²) in [6.07, 6.45) is 0. The highest BCUT2D eigenvalue weighted by Gasteiger charge is 2.46. The van der Waals surface area contributed by atoms with Gasteiger partial charge >= 0.3 is 11.2 Å². The molecule has 0 bridgehead atoms. The third-order valence-electron chi connectivity index (χ3n) is 14.1.